The molecule has 34 heavy (non-hydrogen) atoms. The Morgan fingerprint density at radius 2 is 1.79 bits per heavy atom. The number of fused-ring (bicyclic) bond motifs is 5. The summed E-state index contributed by atoms with van der Waals surface area (Å²) in [6, 6.07) is 0. The van der Waals surface area contributed by atoms with Crippen molar-refractivity contribution in [3.8, 4) is 0 Å². The van der Waals surface area contributed by atoms with E-state index < -0.39 is 23.4 Å². The molecular formula is C30H46O4. The lowest BCUT2D eigenvalue weighted by molar-refractivity contribution is -0.146. The number of aliphatic hydroxyl groups is 2. The molecular weight excluding hydrogens is 424 g/mol. The summed E-state index contributed by atoms with van der Waals surface area (Å²) < 4.78 is 0. The second-order valence-corrected chi connectivity index (χ2v) is 13.1. The van der Waals surface area contributed by atoms with Crippen molar-refractivity contribution in [2.24, 2.45) is 45.8 Å². The van der Waals surface area contributed by atoms with E-state index in [1.54, 1.807) is 0 Å². The Hall–Kier alpha value is -1.39. The summed E-state index contributed by atoms with van der Waals surface area (Å²) in [7, 11) is 0. The van der Waals surface area contributed by atoms with Crippen LogP contribution in [0, 0.1) is 45.8 Å². The van der Waals surface area contributed by atoms with Crippen LogP contribution in [0.4, 0.5) is 0 Å². The number of rotatable bonds is 6. The molecule has 190 valence electrons. The van der Waals surface area contributed by atoms with Gasteiger partial charge in [0.25, 0.3) is 0 Å². The van der Waals surface area contributed by atoms with Crippen LogP contribution in [0.5, 0.6) is 0 Å². The Bertz CT molecular complexity index is 911. The van der Waals surface area contributed by atoms with Gasteiger partial charge in [0.05, 0.1) is 18.1 Å². The maximum atomic E-state index is 12.5. The highest BCUT2D eigenvalue weighted by Crippen LogP contribution is 2.69. The number of carboxylic acid groups (broad SMARTS) is 1. The molecule has 4 aliphatic carbocycles. The molecule has 0 aliphatic heterocycles. The fraction of sp³-hybridized carbons (Fsp3) is 0.767. The summed E-state index contributed by atoms with van der Waals surface area (Å²) in [5.41, 5.74) is 2.86. The van der Waals surface area contributed by atoms with Gasteiger partial charge >= 0.3 is 5.97 Å². The smallest absolute Gasteiger partial charge is 0.306 e. The molecule has 0 spiro atoms. The molecule has 3 N–H and O–H groups in total. The van der Waals surface area contributed by atoms with Gasteiger partial charge in [-0.2, -0.15) is 0 Å². The summed E-state index contributed by atoms with van der Waals surface area (Å²) >= 11 is 0. The zero-order chi connectivity index (χ0) is 25.2. The van der Waals surface area contributed by atoms with E-state index in [2.05, 4.69) is 60.3 Å². The van der Waals surface area contributed by atoms with Crippen molar-refractivity contribution >= 4 is 5.97 Å². The van der Waals surface area contributed by atoms with Crippen molar-refractivity contribution in [2.75, 3.05) is 0 Å². The quantitative estimate of drug-likeness (QED) is 0.407. The second kappa shape index (κ2) is 8.62. The zero-order valence-corrected chi connectivity index (χ0v) is 22.1. The summed E-state index contributed by atoms with van der Waals surface area (Å²) in [6.45, 7) is 17.2. The lowest BCUT2D eigenvalue weighted by Gasteiger charge is -2.57. The van der Waals surface area contributed by atoms with Crippen molar-refractivity contribution in [1.29, 1.82) is 0 Å². The third kappa shape index (κ3) is 3.58. The van der Waals surface area contributed by atoms with Gasteiger partial charge in [-0.25, -0.2) is 0 Å². The molecule has 0 aromatic rings. The van der Waals surface area contributed by atoms with E-state index in [0.717, 1.165) is 37.7 Å². The Morgan fingerprint density at radius 1 is 1.12 bits per heavy atom. The standard InChI is InChI=1S/C30H46O4/c1-17(2)18(3)8-9-21(27(33)34)24-16-26(32)30(7)23-12-11-22-19(10-13-25(31)28(22,4)5)20(23)14-15-29(24,30)6/h12,14,17,19,21-22,24-26,31-32H,3,8-11,13,15-16H2,1-2,4-7H3,(H,33,34). The molecule has 4 heteroatoms. The molecule has 0 saturated heterocycles. The van der Waals surface area contributed by atoms with Crippen molar-refractivity contribution in [2.45, 2.75) is 98.7 Å². The Balaban J connectivity index is 1.69. The average Bonchev–Trinajstić information content (AvgIpc) is 2.97. The minimum atomic E-state index is -0.741. The molecule has 0 aromatic heterocycles. The molecule has 0 bridgehead atoms. The van der Waals surface area contributed by atoms with Crippen molar-refractivity contribution < 1.29 is 20.1 Å². The van der Waals surface area contributed by atoms with Crippen LogP contribution in [0.25, 0.3) is 0 Å². The van der Waals surface area contributed by atoms with Gasteiger partial charge in [-0.05, 0) is 90.6 Å². The molecule has 2 saturated carbocycles. The number of carbonyl (C=O) groups is 1. The van der Waals surface area contributed by atoms with Gasteiger partial charge in [-0.1, -0.05) is 65.8 Å². The molecule has 8 atom stereocenters. The minimum absolute atomic E-state index is 0.0778. The van der Waals surface area contributed by atoms with Crippen LogP contribution >= 0.6 is 0 Å². The number of allylic oxidation sites excluding steroid dienone is 4. The highest BCUT2D eigenvalue weighted by atomic mass is 16.4. The van der Waals surface area contributed by atoms with E-state index in [-0.39, 0.29) is 22.9 Å². The molecule has 4 aliphatic rings. The van der Waals surface area contributed by atoms with Crippen molar-refractivity contribution in [1.82, 2.24) is 0 Å². The predicted octanol–water partition coefficient (Wildman–Crippen LogP) is 6.15. The molecule has 0 radical (unpaired) electrons. The highest BCUT2D eigenvalue weighted by molar-refractivity contribution is 5.71. The third-order valence-corrected chi connectivity index (χ3v) is 11.2. The third-order valence-electron chi connectivity index (χ3n) is 11.2. The molecule has 0 aromatic carbocycles. The number of carboxylic acids is 1. The number of hydrogen-bond donors (Lipinski definition) is 3. The van der Waals surface area contributed by atoms with E-state index in [0.29, 0.717) is 30.6 Å². The second-order valence-electron chi connectivity index (χ2n) is 13.1. The van der Waals surface area contributed by atoms with Crippen molar-refractivity contribution in [3.63, 3.8) is 0 Å². The van der Waals surface area contributed by atoms with Crippen LogP contribution in [0.2, 0.25) is 0 Å². The minimum Gasteiger partial charge on any atom is -0.481 e. The summed E-state index contributed by atoms with van der Waals surface area (Å²) in [6.07, 6.45) is 9.27. The van der Waals surface area contributed by atoms with Crippen LogP contribution in [-0.2, 0) is 4.79 Å². The molecule has 4 nitrogen and oxygen atoms in total. The van der Waals surface area contributed by atoms with Crippen LogP contribution in [0.15, 0.2) is 35.5 Å². The first-order chi connectivity index (χ1) is 15.8. The van der Waals surface area contributed by atoms with Gasteiger partial charge in [0.15, 0.2) is 0 Å². The zero-order valence-electron chi connectivity index (χ0n) is 22.1. The first-order valence-electron chi connectivity index (χ1n) is 13.4. The lowest BCUT2D eigenvalue weighted by Crippen LogP contribution is -2.52. The Morgan fingerprint density at radius 3 is 2.41 bits per heavy atom. The van der Waals surface area contributed by atoms with Gasteiger partial charge < -0.3 is 15.3 Å². The van der Waals surface area contributed by atoms with E-state index in [1.807, 2.05) is 0 Å². The monoisotopic (exact) mass is 470 g/mol. The number of aliphatic carboxylic acids is 1. The lowest BCUT2D eigenvalue weighted by atomic mass is 9.48. The normalized spacial score (nSPS) is 41.6. The summed E-state index contributed by atoms with van der Waals surface area (Å²) in [5, 5.41) is 32.5. The van der Waals surface area contributed by atoms with Gasteiger partial charge in [0.2, 0.25) is 0 Å². The first kappa shape index (κ1) is 25.7. The summed E-state index contributed by atoms with van der Waals surface area (Å²) in [4.78, 5) is 12.5. The molecule has 0 heterocycles. The fourth-order valence-electron chi connectivity index (χ4n) is 8.26. The van der Waals surface area contributed by atoms with Gasteiger partial charge in [-0.15, -0.1) is 0 Å². The maximum absolute atomic E-state index is 12.5. The van der Waals surface area contributed by atoms with Gasteiger partial charge in [-0.3, -0.25) is 4.79 Å². The van der Waals surface area contributed by atoms with E-state index >= 15 is 0 Å². The number of aliphatic hydroxyl groups excluding tert-OH is 2. The van der Waals surface area contributed by atoms with Crippen LogP contribution < -0.4 is 0 Å². The van der Waals surface area contributed by atoms with E-state index in [4.69, 9.17) is 0 Å². The number of hydrogen-bond acceptors (Lipinski definition) is 3. The van der Waals surface area contributed by atoms with E-state index in [9.17, 15) is 20.1 Å². The highest BCUT2D eigenvalue weighted by Gasteiger charge is 2.65. The molecule has 2 fully saturated rings. The predicted molar refractivity (Wildman–Crippen MR) is 136 cm³/mol. The Labute approximate surface area is 206 Å². The molecule has 8 unspecified atom stereocenters. The SMILES string of the molecule is C=C(CCC(C(=O)O)C1CC(O)C2(C)C3=CCC4C(CCC(O)C4(C)C)C3=CCC12C)C(C)C. The fourth-order valence-corrected chi connectivity index (χ4v) is 8.26. The largest absolute Gasteiger partial charge is 0.481 e. The topological polar surface area (TPSA) is 77.8 Å². The van der Waals surface area contributed by atoms with Crippen LogP contribution in [-0.4, -0.2) is 33.5 Å². The van der Waals surface area contributed by atoms with Gasteiger partial charge in [0, 0.05) is 5.41 Å². The maximum Gasteiger partial charge on any atom is 0.306 e. The Kier molecular flexibility index (Phi) is 6.52. The average molecular weight is 471 g/mol. The van der Waals surface area contributed by atoms with E-state index in [1.165, 1.54) is 11.1 Å². The summed E-state index contributed by atoms with van der Waals surface area (Å²) in [5.74, 6) is -0.130. The first-order valence-corrected chi connectivity index (χ1v) is 13.4. The van der Waals surface area contributed by atoms with Crippen molar-refractivity contribution in [3.05, 3.63) is 35.5 Å². The van der Waals surface area contributed by atoms with Gasteiger partial charge in [0.1, 0.15) is 0 Å². The molecule has 0 amide bonds. The van der Waals surface area contributed by atoms with Crippen LogP contribution in [0.3, 0.4) is 0 Å². The molecule has 4 rings (SSSR count). The van der Waals surface area contributed by atoms with Crippen LogP contribution in [0.1, 0.15) is 86.5 Å².